The second-order valence-electron chi connectivity index (χ2n) is 8.22. The molecule has 1 amide bonds. The summed E-state index contributed by atoms with van der Waals surface area (Å²) in [5, 5.41) is 3.98. The van der Waals surface area contributed by atoms with Gasteiger partial charge in [-0.05, 0) is 50.2 Å². The highest BCUT2D eigenvalue weighted by Gasteiger charge is 2.22. The van der Waals surface area contributed by atoms with E-state index in [0.717, 1.165) is 45.1 Å². The Bertz CT molecular complexity index is 895. The van der Waals surface area contributed by atoms with Gasteiger partial charge < -0.3 is 15.1 Å². The maximum Gasteiger partial charge on any atom is 0.255 e. The van der Waals surface area contributed by atoms with Crippen molar-refractivity contribution >= 4 is 40.6 Å². The number of nitrogens with one attached hydrogen (secondary N) is 1. The minimum Gasteiger partial charge on any atom is -0.352 e. The third kappa shape index (κ3) is 6.10. The lowest BCUT2D eigenvalue weighted by molar-refractivity contribution is 0.102. The predicted molar refractivity (Wildman–Crippen MR) is 128 cm³/mol. The molecule has 0 saturated carbocycles. The van der Waals surface area contributed by atoms with Crippen LogP contribution in [0.1, 0.15) is 29.6 Å². The molecule has 2 aliphatic rings. The summed E-state index contributed by atoms with van der Waals surface area (Å²) in [7, 11) is 0. The zero-order valence-electron chi connectivity index (χ0n) is 17.7. The average molecular weight is 462 g/mol. The van der Waals surface area contributed by atoms with Gasteiger partial charge in [0.05, 0.1) is 10.7 Å². The summed E-state index contributed by atoms with van der Waals surface area (Å²) < 4.78 is 0. The van der Waals surface area contributed by atoms with Crippen LogP contribution in [-0.2, 0) is 0 Å². The highest BCUT2D eigenvalue weighted by atomic mass is 35.5. The minimum atomic E-state index is -0.229. The van der Waals surface area contributed by atoms with Crippen LogP contribution < -0.4 is 10.2 Å². The summed E-state index contributed by atoms with van der Waals surface area (Å²) in [6.07, 6.45) is 5.67. The van der Waals surface area contributed by atoms with Crippen LogP contribution in [0.4, 0.5) is 11.5 Å². The smallest absolute Gasteiger partial charge is 0.255 e. The number of amides is 1. The van der Waals surface area contributed by atoms with E-state index in [2.05, 4.69) is 25.0 Å². The van der Waals surface area contributed by atoms with E-state index >= 15 is 0 Å². The first-order chi connectivity index (χ1) is 15.1. The quantitative estimate of drug-likeness (QED) is 0.696. The molecular formula is C23H29Cl2N5O. The summed E-state index contributed by atoms with van der Waals surface area (Å²) in [5.41, 5.74) is 1.13. The zero-order valence-corrected chi connectivity index (χ0v) is 19.2. The Kier molecular flexibility index (Phi) is 7.67. The summed E-state index contributed by atoms with van der Waals surface area (Å²) in [4.78, 5) is 24.6. The molecule has 1 aromatic carbocycles. The normalized spacial score (nSPS) is 18.2. The molecule has 3 heterocycles. The number of hydrogen-bond donors (Lipinski definition) is 1. The van der Waals surface area contributed by atoms with Crippen molar-refractivity contribution < 1.29 is 4.79 Å². The second-order valence-corrected chi connectivity index (χ2v) is 9.09. The summed E-state index contributed by atoms with van der Waals surface area (Å²) in [5.74, 6) is 0.531. The number of hydrogen-bond acceptors (Lipinski definition) is 5. The van der Waals surface area contributed by atoms with Gasteiger partial charge in [0.1, 0.15) is 0 Å². The Morgan fingerprint density at radius 1 is 0.903 bits per heavy atom. The van der Waals surface area contributed by atoms with Crippen molar-refractivity contribution in [3.63, 3.8) is 0 Å². The predicted octanol–water partition coefficient (Wildman–Crippen LogP) is 4.25. The molecule has 31 heavy (non-hydrogen) atoms. The topological polar surface area (TPSA) is 51.7 Å². The van der Waals surface area contributed by atoms with Crippen molar-refractivity contribution in [1.29, 1.82) is 0 Å². The van der Waals surface area contributed by atoms with E-state index < -0.39 is 0 Å². The Labute approximate surface area is 194 Å². The minimum absolute atomic E-state index is 0.229. The van der Waals surface area contributed by atoms with Gasteiger partial charge in [0.15, 0.2) is 5.82 Å². The van der Waals surface area contributed by atoms with Gasteiger partial charge in [-0.3, -0.25) is 9.69 Å². The van der Waals surface area contributed by atoms with Gasteiger partial charge in [0, 0.05) is 56.1 Å². The van der Waals surface area contributed by atoms with Crippen molar-refractivity contribution in [2.24, 2.45) is 0 Å². The van der Waals surface area contributed by atoms with Crippen LogP contribution in [0.5, 0.6) is 0 Å². The monoisotopic (exact) mass is 461 g/mol. The first-order valence-electron chi connectivity index (χ1n) is 11.0. The van der Waals surface area contributed by atoms with Crippen LogP contribution in [0, 0.1) is 0 Å². The van der Waals surface area contributed by atoms with Gasteiger partial charge in [-0.25, -0.2) is 4.98 Å². The van der Waals surface area contributed by atoms with Crippen molar-refractivity contribution in [1.82, 2.24) is 14.8 Å². The van der Waals surface area contributed by atoms with Crippen molar-refractivity contribution in [2.75, 3.05) is 62.6 Å². The van der Waals surface area contributed by atoms with E-state index in [9.17, 15) is 4.79 Å². The lowest BCUT2D eigenvalue weighted by Crippen LogP contribution is -2.49. The molecule has 6 nitrogen and oxygen atoms in total. The number of halogens is 2. The third-order valence-electron chi connectivity index (χ3n) is 6.02. The Hall–Kier alpha value is -1.86. The fourth-order valence-corrected chi connectivity index (χ4v) is 4.60. The fraction of sp³-hybridized carbons (Fsp3) is 0.478. The molecule has 1 N–H and O–H groups in total. The largest absolute Gasteiger partial charge is 0.352 e. The molecule has 1 aromatic heterocycles. The number of likely N-dealkylation sites (tertiary alicyclic amines) is 1. The molecule has 4 rings (SSSR count). The number of rotatable bonds is 6. The number of carbonyl (C=O) groups excluding carboxylic acids is 1. The molecule has 166 valence electrons. The molecule has 2 aromatic rings. The van der Waals surface area contributed by atoms with E-state index in [0.29, 0.717) is 21.3 Å². The average Bonchev–Trinajstić information content (AvgIpc) is 2.79. The van der Waals surface area contributed by atoms with E-state index in [1.807, 2.05) is 0 Å². The van der Waals surface area contributed by atoms with Crippen LogP contribution >= 0.6 is 23.2 Å². The first-order valence-corrected chi connectivity index (χ1v) is 11.8. The summed E-state index contributed by atoms with van der Waals surface area (Å²) >= 11 is 12.2. The summed E-state index contributed by atoms with van der Waals surface area (Å²) in [6, 6.07) is 8.65. The van der Waals surface area contributed by atoms with E-state index in [1.165, 1.54) is 32.4 Å². The molecule has 2 fully saturated rings. The maximum absolute atomic E-state index is 12.7. The Balaban J connectivity index is 1.37. The van der Waals surface area contributed by atoms with Crippen LogP contribution in [0.2, 0.25) is 10.0 Å². The number of benzene rings is 1. The lowest BCUT2D eigenvalue weighted by Gasteiger charge is -2.37. The molecule has 2 saturated heterocycles. The van der Waals surface area contributed by atoms with E-state index in [1.54, 1.807) is 36.5 Å². The zero-order chi connectivity index (χ0) is 21.6. The molecule has 8 heteroatoms. The van der Waals surface area contributed by atoms with E-state index in [4.69, 9.17) is 23.2 Å². The highest BCUT2D eigenvalue weighted by molar-refractivity contribution is 6.31. The van der Waals surface area contributed by atoms with Crippen molar-refractivity contribution in [3.05, 3.63) is 52.1 Å². The van der Waals surface area contributed by atoms with Gasteiger partial charge in [-0.1, -0.05) is 35.7 Å². The number of aromatic nitrogens is 1. The van der Waals surface area contributed by atoms with Gasteiger partial charge in [-0.2, -0.15) is 0 Å². The lowest BCUT2D eigenvalue weighted by atomic mass is 10.1. The first kappa shape index (κ1) is 22.3. The number of pyridine rings is 1. The third-order valence-corrected chi connectivity index (χ3v) is 6.46. The molecule has 0 radical (unpaired) electrons. The summed E-state index contributed by atoms with van der Waals surface area (Å²) in [6.45, 7) is 8.46. The SMILES string of the molecule is O=C(Nc1cc(Cl)cnc1N1CCN(CCN2CCCCC2)CC1)c1cccc(Cl)c1. The fourth-order valence-electron chi connectivity index (χ4n) is 4.25. The number of piperazine rings is 1. The Morgan fingerprint density at radius 3 is 2.32 bits per heavy atom. The second kappa shape index (κ2) is 10.6. The molecule has 0 bridgehead atoms. The van der Waals surface area contributed by atoms with Gasteiger partial charge in [0.25, 0.3) is 5.91 Å². The van der Waals surface area contributed by atoms with Crippen molar-refractivity contribution in [2.45, 2.75) is 19.3 Å². The number of carbonyl (C=O) groups is 1. The van der Waals surface area contributed by atoms with Gasteiger partial charge in [0.2, 0.25) is 0 Å². The van der Waals surface area contributed by atoms with Crippen LogP contribution in [-0.4, -0.2) is 73.0 Å². The molecule has 2 aliphatic heterocycles. The van der Waals surface area contributed by atoms with Crippen LogP contribution in [0.3, 0.4) is 0 Å². The number of anilines is 2. The number of piperidine rings is 1. The molecular weight excluding hydrogens is 433 g/mol. The van der Waals surface area contributed by atoms with Crippen LogP contribution in [0.15, 0.2) is 36.5 Å². The highest BCUT2D eigenvalue weighted by Crippen LogP contribution is 2.28. The standard InChI is InChI=1S/C23H29Cl2N5O/c24-19-6-4-5-18(15-19)23(31)27-21-16-20(25)17-26-22(21)30-13-11-29(12-14-30)10-9-28-7-2-1-3-8-28/h4-6,15-17H,1-3,7-14H2,(H,27,31). The van der Waals surface area contributed by atoms with Crippen molar-refractivity contribution in [3.8, 4) is 0 Å². The molecule has 0 atom stereocenters. The molecule has 0 aliphatic carbocycles. The molecule has 0 unspecified atom stereocenters. The molecule has 0 spiro atoms. The Morgan fingerprint density at radius 2 is 1.61 bits per heavy atom. The van der Waals surface area contributed by atoms with E-state index in [-0.39, 0.29) is 5.91 Å². The van der Waals surface area contributed by atoms with Gasteiger partial charge in [-0.15, -0.1) is 0 Å². The van der Waals surface area contributed by atoms with Crippen LogP contribution in [0.25, 0.3) is 0 Å². The number of nitrogens with zero attached hydrogens (tertiary/aromatic N) is 4. The maximum atomic E-state index is 12.7. The van der Waals surface area contributed by atoms with Gasteiger partial charge >= 0.3 is 0 Å².